The average molecular weight is 198 g/mol. The molecular formula is C10H8F2O2. The van der Waals surface area contributed by atoms with Crippen LogP contribution in [-0.2, 0) is 4.79 Å². The van der Waals surface area contributed by atoms with E-state index in [0.29, 0.717) is 11.6 Å². The van der Waals surface area contributed by atoms with Gasteiger partial charge in [0.25, 0.3) is 6.43 Å². The van der Waals surface area contributed by atoms with E-state index in [4.69, 9.17) is 0 Å². The lowest BCUT2D eigenvalue weighted by molar-refractivity contribution is -0.124. The fourth-order valence-corrected chi connectivity index (χ4v) is 0.890. The van der Waals surface area contributed by atoms with Gasteiger partial charge in [0.2, 0.25) is 5.78 Å². The molecular weight excluding hydrogens is 190 g/mol. The molecule has 0 atom stereocenters. The Morgan fingerprint density at radius 3 is 2.36 bits per heavy atom. The predicted molar refractivity (Wildman–Crippen MR) is 48.1 cm³/mol. The summed E-state index contributed by atoms with van der Waals surface area (Å²) >= 11 is 0. The summed E-state index contributed by atoms with van der Waals surface area (Å²) in [7, 11) is 0. The van der Waals surface area contributed by atoms with Crippen LogP contribution in [-0.4, -0.2) is 17.3 Å². The van der Waals surface area contributed by atoms with Crippen LogP contribution in [0.15, 0.2) is 36.4 Å². The van der Waals surface area contributed by atoms with E-state index in [9.17, 15) is 18.7 Å². The van der Waals surface area contributed by atoms with Crippen LogP contribution < -0.4 is 0 Å². The number of alkyl halides is 2. The number of hydrogen-bond donors (Lipinski definition) is 1. The van der Waals surface area contributed by atoms with Gasteiger partial charge in [-0.05, 0) is 0 Å². The van der Waals surface area contributed by atoms with Crippen molar-refractivity contribution in [1.29, 1.82) is 0 Å². The molecule has 2 nitrogen and oxygen atoms in total. The zero-order chi connectivity index (χ0) is 10.6. The van der Waals surface area contributed by atoms with E-state index in [0.717, 1.165) is 0 Å². The van der Waals surface area contributed by atoms with Crippen molar-refractivity contribution in [3.63, 3.8) is 0 Å². The maximum Gasteiger partial charge on any atom is 0.300 e. The number of hydrogen-bond acceptors (Lipinski definition) is 2. The first-order valence-electron chi connectivity index (χ1n) is 3.89. The highest BCUT2D eigenvalue weighted by atomic mass is 19.3. The van der Waals surface area contributed by atoms with Gasteiger partial charge in [-0.15, -0.1) is 0 Å². The number of carbonyl (C=O) groups is 1. The van der Waals surface area contributed by atoms with E-state index in [1.807, 2.05) is 0 Å². The summed E-state index contributed by atoms with van der Waals surface area (Å²) in [5, 5.41) is 9.25. The van der Waals surface area contributed by atoms with Gasteiger partial charge in [0.15, 0.2) is 0 Å². The molecule has 0 heterocycles. The molecule has 0 saturated carbocycles. The SMILES string of the molecule is O=C(/C=C(\O)c1ccccc1)C(F)F. The van der Waals surface area contributed by atoms with Crippen LogP contribution in [0.1, 0.15) is 5.56 Å². The number of rotatable bonds is 3. The first-order valence-corrected chi connectivity index (χ1v) is 3.89. The van der Waals surface area contributed by atoms with Crippen molar-refractivity contribution in [3.8, 4) is 0 Å². The fourth-order valence-electron chi connectivity index (χ4n) is 0.890. The highest BCUT2D eigenvalue weighted by Crippen LogP contribution is 2.11. The van der Waals surface area contributed by atoms with Crippen LogP contribution in [0, 0.1) is 0 Å². The quantitative estimate of drug-likeness (QED) is 0.598. The maximum absolute atomic E-state index is 11.8. The molecule has 0 aliphatic rings. The van der Waals surface area contributed by atoms with Gasteiger partial charge < -0.3 is 5.11 Å². The highest BCUT2D eigenvalue weighted by Gasteiger charge is 2.13. The van der Waals surface area contributed by atoms with Crippen LogP contribution in [0.3, 0.4) is 0 Å². The Morgan fingerprint density at radius 1 is 1.29 bits per heavy atom. The number of ketones is 1. The zero-order valence-electron chi connectivity index (χ0n) is 7.15. The first-order chi connectivity index (χ1) is 6.61. The Hall–Kier alpha value is -1.71. The second-order valence-electron chi connectivity index (χ2n) is 2.60. The van der Waals surface area contributed by atoms with Gasteiger partial charge >= 0.3 is 0 Å². The van der Waals surface area contributed by atoms with Gasteiger partial charge in [-0.25, -0.2) is 8.78 Å². The van der Waals surface area contributed by atoms with Crippen molar-refractivity contribution >= 4 is 11.5 Å². The Kier molecular flexibility index (Phi) is 3.34. The average Bonchev–Trinajstić information content (AvgIpc) is 2.19. The molecule has 0 bridgehead atoms. The van der Waals surface area contributed by atoms with E-state index in [2.05, 4.69) is 0 Å². The van der Waals surface area contributed by atoms with Crippen LogP contribution in [0.2, 0.25) is 0 Å². The van der Waals surface area contributed by atoms with Crippen molar-refractivity contribution in [2.24, 2.45) is 0 Å². The summed E-state index contributed by atoms with van der Waals surface area (Å²) in [5.74, 6) is -1.85. The lowest BCUT2D eigenvalue weighted by Crippen LogP contribution is -2.06. The number of allylic oxidation sites excluding steroid dienone is 1. The summed E-state index contributed by atoms with van der Waals surface area (Å²) in [6.07, 6.45) is -2.55. The summed E-state index contributed by atoms with van der Waals surface area (Å²) in [6.45, 7) is 0. The van der Waals surface area contributed by atoms with E-state index >= 15 is 0 Å². The topological polar surface area (TPSA) is 37.3 Å². The van der Waals surface area contributed by atoms with Crippen LogP contribution >= 0.6 is 0 Å². The minimum atomic E-state index is -3.08. The molecule has 0 aliphatic heterocycles. The number of carbonyl (C=O) groups excluding carboxylic acids is 1. The molecule has 0 aromatic heterocycles. The van der Waals surface area contributed by atoms with E-state index in [1.165, 1.54) is 12.1 Å². The van der Waals surface area contributed by atoms with E-state index in [1.54, 1.807) is 18.2 Å². The maximum atomic E-state index is 11.8. The molecule has 0 fully saturated rings. The summed E-state index contributed by atoms with van der Waals surface area (Å²) in [4.78, 5) is 10.5. The van der Waals surface area contributed by atoms with Gasteiger partial charge in [0, 0.05) is 11.6 Å². The molecule has 1 aromatic carbocycles. The van der Waals surface area contributed by atoms with Gasteiger partial charge in [-0.2, -0.15) is 0 Å². The number of benzene rings is 1. The molecule has 0 saturated heterocycles. The van der Waals surface area contributed by atoms with Crippen LogP contribution in [0.5, 0.6) is 0 Å². The largest absolute Gasteiger partial charge is 0.507 e. The normalized spacial score (nSPS) is 11.8. The van der Waals surface area contributed by atoms with E-state index in [-0.39, 0.29) is 0 Å². The van der Waals surface area contributed by atoms with Gasteiger partial charge in [-0.1, -0.05) is 30.3 Å². The molecule has 0 amide bonds. The third kappa shape index (κ3) is 2.65. The van der Waals surface area contributed by atoms with Gasteiger partial charge in [-0.3, -0.25) is 4.79 Å². The Bertz CT molecular complexity index is 344. The molecule has 0 spiro atoms. The molecule has 0 radical (unpaired) electrons. The highest BCUT2D eigenvalue weighted by molar-refractivity contribution is 5.97. The third-order valence-corrected chi connectivity index (χ3v) is 1.56. The molecule has 1 rings (SSSR count). The van der Waals surface area contributed by atoms with Crippen molar-refractivity contribution < 1.29 is 18.7 Å². The number of aliphatic hydroxyl groups excluding tert-OH is 1. The van der Waals surface area contributed by atoms with Crippen LogP contribution in [0.25, 0.3) is 5.76 Å². The molecule has 4 heteroatoms. The Balaban J connectivity index is 2.85. The second kappa shape index (κ2) is 4.50. The van der Waals surface area contributed by atoms with Crippen LogP contribution in [0.4, 0.5) is 8.78 Å². The molecule has 1 N–H and O–H groups in total. The lowest BCUT2D eigenvalue weighted by Gasteiger charge is -1.98. The molecule has 74 valence electrons. The minimum absolute atomic E-state index is 0.335. The molecule has 0 aliphatic carbocycles. The fraction of sp³-hybridized carbons (Fsp3) is 0.100. The van der Waals surface area contributed by atoms with E-state index < -0.39 is 18.0 Å². The summed E-state index contributed by atoms with van der Waals surface area (Å²) < 4.78 is 23.6. The minimum Gasteiger partial charge on any atom is -0.507 e. The standard InChI is InChI=1S/C10H8F2O2/c11-10(12)9(14)6-8(13)7-4-2-1-3-5-7/h1-6,10,13H/b8-6-. The Morgan fingerprint density at radius 2 is 1.86 bits per heavy atom. The van der Waals surface area contributed by atoms with Crippen molar-refractivity contribution in [1.82, 2.24) is 0 Å². The summed E-state index contributed by atoms with van der Waals surface area (Å²) in [5.41, 5.74) is 0.335. The van der Waals surface area contributed by atoms with Gasteiger partial charge in [0.05, 0.1) is 0 Å². The second-order valence-corrected chi connectivity index (χ2v) is 2.60. The van der Waals surface area contributed by atoms with Crippen molar-refractivity contribution in [2.45, 2.75) is 6.43 Å². The van der Waals surface area contributed by atoms with Crippen molar-refractivity contribution in [3.05, 3.63) is 42.0 Å². The van der Waals surface area contributed by atoms with Crippen molar-refractivity contribution in [2.75, 3.05) is 0 Å². The molecule has 14 heavy (non-hydrogen) atoms. The number of aliphatic hydroxyl groups is 1. The monoisotopic (exact) mass is 198 g/mol. The summed E-state index contributed by atoms with van der Waals surface area (Å²) in [6, 6.07) is 8.01. The number of halogens is 2. The zero-order valence-corrected chi connectivity index (χ0v) is 7.15. The first kappa shape index (κ1) is 10.4. The van der Waals surface area contributed by atoms with Gasteiger partial charge in [0.1, 0.15) is 5.76 Å². The predicted octanol–water partition coefficient (Wildman–Crippen LogP) is 2.42. The molecule has 1 aromatic rings. The Labute approximate surface area is 79.5 Å². The smallest absolute Gasteiger partial charge is 0.300 e. The lowest BCUT2D eigenvalue weighted by atomic mass is 10.1. The molecule has 0 unspecified atom stereocenters. The third-order valence-electron chi connectivity index (χ3n) is 1.56.